The number of piperazine rings is 1. The Labute approximate surface area is 198 Å². The van der Waals surface area contributed by atoms with E-state index in [-0.39, 0.29) is 36.4 Å². The van der Waals surface area contributed by atoms with Gasteiger partial charge in [0, 0.05) is 45.2 Å². The van der Waals surface area contributed by atoms with Crippen LogP contribution < -0.4 is 21.9 Å². The summed E-state index contributed by atoms with van der Waals surface area (Å²) in [5.41, 5.74) is 5.04. The monoisotopic (exact) mass is 476 g/mol. The molecule has 34 heavy (non-hydrogen) atoms. The highest BCUT2D eigenvalue weighted by Gasteiger charge is 2.26. The number of carbonyl (C=O) groups excluding carboxylic acids is 1. The smallest absolute Gasteiger partial charge is 0.330 e. The third-order valence-corrected chi connectivity index (χ3v) is 6.02. The van der Waals surface area contributed by atoms with Crippen LogP contribution in [0.5, 0.6) is 0 Å². The molecule has 1 aliphatic rings. The molecule has 1 fully saturated rings. The van der Waals surface area contributed by atoms with E-state index >= 15 is 0 Å². The normalized spacial score (nSPS) is 15.2. The van der Waals surface area contributed by atoms with Gasteiger partial charge in [-0.15, -0.1) is 0 Å². The molecule has 3 rings (SSSR count). The summed E-state index contributed by atoms with van der Waals surface area (Å²) in [5.74, 6) is 1.32. The molecule has 3 N–H and O–H groups in total. The lowest BCUT2D eigenvalue weighted by atomic mass is 10.2. The van der Waals surface area contributed by atoms with E-state index in [1.165, 1.54) is 9.47 Å². The molecule has 0 radical (unpaired) electrons. The molecule has 0 spiro atoms. The van der Waals surface area contributed by atoms with Crippen molar-refractivity contribution in [1.82, 2.24) is 29.5 Å². The van der Waals surface area contributed by atoms with Crippen LogP contribution in [0, 0.1) is 0 Å². The number of hydrogen-bond acceptors (Lipinski definition) is 9. The van der Waals surface area contributed by atoms with Gasteiger partial charge in [0.15, 0.2) is 11.5 Å². The summed E-state index contributed by atoms with van der Waals surface area (Å²) in [6.45, 7) is 12.1. The van der Waals surface area contributed by atoms with Crippen LogP contribution in [0.1, 0.15) is 58.2 Å². The van der Waals surface area contributed by atoms with Crippen molar-refractivity contribution in [3.05, 3.63) is 32.6 Å². The first-order chi connectivity index (χ1) is 16.2. The summed E-state index contributed by atoms with van der Waals surface area (Å²) in [6.07, 6.45) is 1.61. The van der Waals surface area contributed by atoms with Crippen molar-refractivity contribution >= 4 is 17.4 Å². The number of unbranched alkanes of at least 4 members (excludes halogenated alkanes) is 1. The molecule has 0 saturated carbocycles. The number of aromatic nitrogens is 4. The van der Waals surface area contributed by atoms with Crippen molar-refractivity contribution in [2.24, 2.45) is 0 Å². The second-order valence-corrected chi connectivity index (χ2v) is 8.89. The molecule has 1 aliphatic heterocycles. The van der Waals surface area contributed by atoms with Gasteiger partial charge in [0.2, 0.25) is 11.8 Å². The number of nitrogens with one attached hydrogen (secondary N) is 1. The Morgan fingerprint density at radius 3 is 2.44 bits per heavy atom. The maximum absolute atomic E-state index is 13.1. The summed E-state index contributed by atoms with van der Waals surface area (Å²) in [7, 11) is 0. The van der Waals surface area contributed by atoms with Crippen LogP contribution >= 0.6 is 0 Å². The Hall–Kier alpha value is -2.99. The third kappa shape index (κ3) is 5.92. The molecule has 188 valence electrons. The molecular formula is C22H36N8O4. The molecule has 0 aromatic carbocycles. The minimum absolute atomic E-state index is 0.0301. The quantitative estimate of drug-likeness (QED) is 0.503. The summed E-state index contributed by atoms with van der Waals surface area (Å²) in [5, 5.41) is 4.00. The number of nitrogens with two attached hydrogens (primary N) is 1. The summed E-state index contributed by atoms with van der Waals surface area (Å²) in [4.78, 5) is 50.3. The predicted octanol–water partition coefficient (Wildman–Crippen LogP) is 0.596. The van der Waals surface area contributed by atoms with Gasteiger partial charge < -0.3 is 15.2 Å². The lowest BCUT2D eigenvalue weighted by Crippen LogP contribution is -2.50. The highest BCUT2D eigenvalue weighted by molar-refractivity contribution is 5.96. The van der Waals surface area contributed by atoms with E-state index in [4.69, 9.17) is 10.3 Å². The second-order valence-electron chi connectivity index (χ2n) is 8.89. The van der Waals surface area contributed by atoms with Crippen molar-refractivity contribution in [1.29, 1.82) is 0 Å². The molecule has 0 bridgehead atoms. The van der Waals surface area contributed by atoms with E-state index in [9.17, 15) is 14.4 Å². The Kier molecular flexibility index (Phi) is 8.61. The van der Waals surface area contributed by atoms with Crippen LogP contribution in [0.3, 0.4) is 0 Å². The first kappa shape index (κ1) is 25.6. The number of carbonyl (C=O) groups is 1. The molecule has 0 atom stereocenters. The lowest BCUT2D eigenvalue weighted by Gasteiger charge is -2.34. The molecule has 1 saturated heterocycles. The molecule has 0 unspecified atom stereocenters. The number of H-pyrrole nitrogens is 1. The fraction of sp³-hybridized carbons (Fsp3) is 0.682. The van der Waals surface area contributed by atoms with Gasteiger partial charge >= 0.3 is 5.69 Å². The largest absolute Gasteiger partial charge is 0.383 e. The van der Waals surface area contributed by atoms with Crippen molar-refractivity contribution in [3.63, 3.8) is 0 Å². The maximum Gasteiger partial charge on any atom is 0.330 e. The van der Waals surface area contributed by atoms with Gasteiger partial charge in [-0.25, -0.2) is 4.79 Å². The lowest BCUT2D eigenvalue weighted by molar-refractivity contribution is -0.120. The van der Waals surface area contributed by atoms with E-state index in [0.717, 1.165) is 25.9 Å². The topological polar surface area (TPSA) is 147 Å². The molecular weight excluding hydrogens is 440 g/mol. The molecule has 12 heteroatoms. The Bertz CT molecular complexity index is 1080. The number of amides is 1. The Morgan fingerprint density at radius 1 is 1.18 bits per heavy atom. The standard InChI is InChI=1S/C22H36N8O4/c1-5-7-8-30-19(23)18(21(32)25-22(30)33)29(6-2)17(31)14-28-11-9-27(10-12-28)13-16-24-20(15(3)4)26-34-16/h15H,5-14,23H2,1-4H3,(H,25,32,33). The Balaban J connectivity index is 1.63. The summed E-state index contributed by atoms with van der Waals surface area (Å²) >= 11 is 0. The zero-order valence-corrected chi connectivity index (χ0v) is 20.5. The number of rotatable bonds is 10. The highest BCUT2D eigenvalue weighted by Crippen LogP contribution is 2.18. The molecule has 2 aromatic rings. The van der Waals surface area contributed by atoms with E-state index < -0.39 is 11.2 Å². The third-order valence-electron chi connectivity index (χ3n) is 6.02. The summed E-state index contributed by atoms with van der Waals surface area (Å²) in [6, 6.07) is 0. The zero-order valence-electron chi connectivity index (χ0n) is 20.5. The van der Waals surface area contributed by atoms with Gasteiger partial charge in [-0.05, 0) is 13.3 Å². The van der Waals surface area contributed by atoms with Gasteiger partial charge in [-0.2, -0.15) is 4.98 Å². The first-order valence-corrected chi connectivity index (χ1v) is 11.9. The van der Waals surface area contributed by atoms with Crippen LogP contribution in [0.25, 0.3) is 0 Å². The SMILES string of the molecule is CCCCn1c(N)c(N(CC)C(=O)CN2CCN(Cc3nc(C(C)C)no3)CC2)c(=O)[nH]c1=O. The number of aromatic amines is 1. The molecule has 1 amide bonds. The van der Waals surface area contributed by atoms with Gasteiger partial charge in [0.05, 0.1) is 13.1 Å². The van der Waals surface area contributed by atoms with Crippen LogP contribution in [0.15, 0.2) is 14.1 Å². The molecule has 0 aliphatic carbocycles. The van der Waals surface area contributed by atoms with Crippen LogP contribution in [-0.4, -0.2) is 74.7 Å². The predicted molar refractivity (Wildman–Crippen MR) is 129 cm³/mol. The molecule has 3 heterocycles. The fourth-order valence-corrected chi connectivity index (χ4v) is 3.98. The van der Waals surface area contributed by atoms with E-state index in [1.807, 2.05) is 25.7 Å². The van der Waals surface area contributed by atoms with Gasteiger partial charge in [0.25, 0.3) is 5.56 Å². The second kappa shape index (κ2) is 11.4. The average Bonchev–Trinajstić information content (AvgIpc) is 3.26. The van der Waals surface area contributed by atoms with Crippen LogP contribution in [-0.2, 0) is 17.9 Å². The van der Waals surface area contributed by atoms with Gasteiger partial charge in [0.1, 0.15) is 5.82 Å². The molecule has 2 aromatic heterocycles. The van der Waals surface area contributed by atoms with E-state index in [1.54, 1.807) is 6.92 Å². The first-order valence-electron chi connectivity index (χ1n) is 11.9. The van der Waals surface area contributed by atoms with E-state index in [0.29, 0.717) is 37.9 Å². The number of nitrogens with zero attached hydrogens (tertiary/aromatic N) is 6. The maximum atomic E-state index is 13.1. The Morgan fingerprint density at radius 2 is 1.85 bits per heavy atom. The van der Waals surface area contributed by atoms with Crippen LogP contribution in [0.4, 0.5) is 11.5 Å². The highest BCUT2D eigenvalue weighted by atomic mass is 16.5. The number of nitrogen functional groups attached to an aromatic ring is 1. The van der Waals surface area contributed by atoms with Crippen molar-refractivity contribution < 1.29 is 9.32 Å². The van der Waals surface area contributed by atoms with Crippen molar-refractivity contribution in [3.8, 4) is 0 Å². The van der Waals surface area contributed by atoms with E-state index in [2.05, 4.69) is 20.0 Å². The molecule has 12 nitrogen and oxygen atoms in total. The fourth-order valence-electron chi connectivity index (χ4n) is 3.98. The number of likely N-dealkylation sites (N-methyl/N-ethyl adjacent to an activating group) is 1. The summed E-state index contributed by atoms with van der Waals surface area (Å²) < 4.78 is 6.66. The minimum Gasteiger partial charge on any atom is -0.383 e. The van der Waals surface area contributed by atoms with Crippen molar-refractivity contribution in [2.45, 2.75) is 59.5 Å². The number of hydrogen-bond donors (Lipinski definition) is 2. The van der Waals surface area contributed by atoms with Gasteiger partial charge in [-0.3, -0.25) is 28.9 Å². The zero-order chi connectivity index (χ0) is 24.8. The van der Waals surface area contributed by atoms with Gasteiger partial charge in [-0.1, -0.05) is 32.3 Å². The van der Waals surface area contributed by atoms with Crippen molar-refractivity contribution in [2.75, 3.05) is 49.9 Å². The number of anilines is 2. The minimum atomic E-state index is -0.643. The van der Waals surface area contributed by atoms with Crippen LogP contribution in [0.2, 0.25) is 0 Å². The average molecular weight is 477 g/mol.